The number of aliphatic hydroxyl groups excluding tert-OH is 1. The van der Waals surface area contributed by atoms with E-state index in [-0.39, 0.29) is 18.8 Å². The first-order chi connectivity index (χ1) is 10.1. The van der Waals surface area contributed by atoms with Crippen LogP contribution in [0.5, 0.6) is 0 Å². The second kappa shape index (κ2) is 5.56. The molecule has 0 bridgehead atoms. The Hall–Kier alpha value is -1.75. The van der Waals surface area contributed by atoms with Crippen LogP contribution < -0.4 is 0 Å². The van der Waals surface area contributed by atoms with Crippen LogP contribution in [-0.2, 0) is 0 Å². The Morgan fingerprint density at radius 3 is 2.48 bits per heavy atom. The maximum absolute atomic E-state index is 13.2. The molecule has 0 amide bonds. The van der Waals surface area contributed by atoms with Crippen molar-refractivity contribution in [3.8, 4) is 5.69 Å². The predicted molar refractivity (Wildman–Crippen MR) is 75.4 cm³/mol. The third-order valence-electron chi connectivity index (χ3n) is 4.18. The van der Waals surface area contributed by atoms with E-state index < -0.39 is 12.0 Å². The first kappa shape index (κ1) is 14.2. The summed E-state index contributed by atoms with van der Waals surface area (Å²) in [5.74, 6) is -2.71. The third kappa shape index (κ3) is 2.97. The number of hydrogen-bond acceptors (Lipinski definition) is 2. The number of aromatic nitrogens is 2. The van der Waals surface area contributed by atoms with Crippen LogP contribution in [0.1, 0.15) is 37.5 Å². The topological polar surface area (TPSA) is 38.1 Å². The Labute approximate surface area is 122 Å². The summed E-state index contributed by atoms with van der Waals surface area (Å²) in [4.78, 5) is 0. The third-order valence-corrected chi connectivity index (χ3v) is 4.18. The standard InChI is InChI=1S/C16H18F2N2O/c17-16(18)9-6-12(7-10-16)15(21)14-8-11-19-20(14)13-4-2-1-3-5-13/h1-5,8,11-12,15,21H,6-7,9-10H2. The van der Waals surface area contributed by atoms with Crippen molar-refractivity contribution in [2.45, 2.75) is 37.7 Å². The number of hydrogen-bond donors (Lipinski definition) is 1. The molecule has 1 saturated carbocycles. The van der Waals surface area contributed by atoms with E-state index in [1.165, 1.54) is 0 Å². The average molecular weight is 292 g/mol. The molecule has 1 N–H and O–H groups in total. The van der Waals surface area contributed by atoms with Crippen LogP contribution in [0.2, 0.25) is 0 Å². The van der Waals surface area contributed by atoms with Gasteiger partial charge in [0.2, 0.25) is 5.92 Å². The molecule has 1 heterocycles. The average Bonchev–Trinajstić information content (AvgIpc) is 2.97. The summed E-state index contributed by atoms with van der Waals surface area (Å²) in [6, 6.07) is 11.3. The number of aliphatic hydroxyl groups is 1. The van der Waals surface area contributed by atoms with Crippen molar-refractivity contribution in [3.05, 3.63) is 48.3 Å². The van der Waals surface area contributed by atoms with Gasteiger partial charge in [-0.2, -0.15) is 5.10 Å². The fraction of sp³-hybridized carbons (Fsp3) is 0.438. The van der Waals surface area contributed by atoms with Crippen molar-refractivity contribution < 1.29 is 13.9 Å². The minimum absolute atomic E-state index is 0.135. The molecule has 1 fully saturated rings. The summed E-state index contributed by atoms with van der Waals surface area (Å²) in [6.45, 7) is 0. The molecule has 1 atom stereocenters. The zero-order valence-corrected chi connectivity index (χ0v) is 11.6. The van der Waals surface area contributed by atoms with Crippen LogP contribution in [0.15, 0.2) is 42.6 Å². The first-order valence-corrected chi connectivity index (χ1v) is 7.22. The van der Waals surface area contributed by atoms with Crippen molar-refractivity contribution in [1.82, 2.24) is 9.78 Å². The molecule has 1 aliphatic carbocycles. The van der Waals surface area contributed by atoms with Crippen molar-refractivity contribution in [1.29, 1.82) is 0 Å². The molecular formula is C16H18F2N2O. The van der Waals surface area contributed by atoms with Crippen molar-refractivity contribution in [2.75, 3.05) is 0 Å². The Balaban J connectivity index is 1.80. The quantitative estimate of drug-likeness (QED) is 0.936. The van der Waals surface area contributed by atoms with Crippen molar-refractivity contribution in [2.24, 2.45) is 5.92 Å². The van der Waals surface area contributed by atoms with Gasteiger partial charge in [0.05, 0.1) is 17.5 Å². The summed E-state index contributed by atoms with van der Waals surface area (Å²) in [5, 5.41) is 14.8. The number of nitrogens with zero attached hydrogens (tertiary/aromatic N) is 2. The summed E-state index contributed by atoms with van der Waals surface area (Å²) < 4.78 is 28.1. The molecule has 0 aliphatic heterocycles. The van der Waals surface area contributed by atoms with Crippen LogP contribution in [0.3, 0.4) is 0 Å². The minimum Gasteiger partial charge on any atom is -0.387 e. The number of rotatable bonds is 3. The highest BCUT2D eigenvalue weighted by Crippen LogP contribution is 2.41. The van der Waals surface area contributed by atoms with Crippen LogP contribution in [0, 0.1) is 5.92 Å². The van der Waals surface area contributed by atoms with Gasteiger partial charge in [0.25, 0.3) is 0 Å². The SMILES string of the molecule is OC(c1ccnn1-c1ccccc1)C1CCC(F)(F)CC1. The molecule has 3 rings (SSSR count). The van der Waals surface area contributed by atoms with Crippen LogP contribution in [0.25, 0.3) is 5.69 Å². The van der Waals surface area contributed by atoms with Crippen LogP contribution >= 0.6 is 0 Å². The largest absolute Gasteiger partial charge is 0.387 e. The molecule has 2 aromatic rings. The van der Waals surface area contributed by atoms with E-state index in [1.54, 1.807) is 16.9 Å². The minimum atomic E-state index is -2.57. The number of alkyl halides is 2. The molecule has 1 aromatic carbocycles. The molecule has 3 nitrogen and oxygen atoms in total. The van der Waals surface area contributed by atoms with Gasteiger partial charge >= 0.3 is 0 Å². The van der Waals surface area contributed by atoms with E-state index in [0.29, 0.717) is 18.5 Å². The van der Waals surface area contributed by atoms with E-state index in [9.17, 15) is 13.9 Å². The Morgan fingerprint density at radius 1 is 1.14 bits per heavy atom. The summed E-state index contributed by atoms with van der Waals surface area (Å²) in [7, 11) is 0. The molecule has 112 valence electrons. The molecule has 1 aromatic heterocycles. The maximum atomic E-state index is 13.2. The molecule has 1 unspecified atom stereocenters. The second-order valence-corrected chi connectivity index (χ2v) is 5.64. The van der Waals surface area contributed by atoms with Gasteiger partial charge in [-0.3, -0.25) is 0 Å². The number of halogens is 2. The van der Waals surface area contributed by atoms with Gasteiger partial charge in [-0.1, -0.05) is 18.2 Å². The monoisotopic (exact) mass is 292 g/mol. The van der Waals surface area contributed by atoms with Crippen LogP contribution in [0.4, 0.5) is 8.78 Å². The number of benzene rings is 1. The maximum Gasteiger partial charge on any atom is 0.248 e. The molecule has 0 spiro atoms. The molecule has 21 heavy (non-hydrogen) atoms. The molecule has 0 radical (unpaired) electrons. The van der Waals surface area contributed by atoms with E-state index in [4.69, 9.17) is 0 Å². The van der Waals surface area contributed by atoms with Gasteiger partial charge in [-0.05, 0) is 37.0 Å². The molecular weight excluding hydrogens is 274 g/mol. The van der Waals surface area contributed by atoms with Crippen molar-refractivity contribution in [3.63, 3.8) is 0 Å². The predicted octanol–water partition coefficient (Wildman–Crippen LogP) is 3.73. The summed E-state index contributed by atoms with van der Waals surface area (Å²) in [5.41, 5.74) is 1.52. The fourth-order valence-corrected chi connectivity index (χ4v) is 2.94. The number of para-hydroxylation sites is 1. The lowest BCUT2D eigenvalue weighted by Crippen LogP contribution is -2.28. The van der Waals surface area contributed by atoms with Gasteiger partial charge in [0.1, 0.15) is 0 Å². The van der Waals surface area contributed by atoms with E-state index in [0.717, 1.165) is 5.69 Å². The summed E-state index contributed by atoms with van der Waals surface area (Å²) in [6.07, 6.45) is 1.26. The smallest absolute Gasteiger partial charge is 0.248 e. The second-order valence-electron chi connectivity index (χ2n) is 5.64. The van der Waals surface area contributed by atoms with Gasteiger partial charge in [-0.15, -0.1) is 0 Å². The van der Waals surface area contributed by atoms with E-state index >= 15 is 0 Å². The van der Waals surface area contributed by atoms with Gasteiger partial charge in [0.15, 0.2) is 0 Å². The summed E-state index contributed by atoms with van der Waals surface area (Å²) >= 11 is 0. The van der Waals surface area contributed by atoms with E-state index in [2.05, 4.69) is 5.10 Å². The molecule has 5 heteroatoms. The zero-order valence-electron chi connectivity index (χ0n) is 11.6. The normalized spacial score (nSPS) is 20.3. The first-order valence-electron chi connectivity index (χ1n) is 7.22. The highest BCUT2D eigenvalue weighted by atomic mass is 19.3. The fourth-order valence-electron chi connectivity index (χ4n) is 2.94. The lowest BCUT2D eigenvalue weighted by molar-refractivity contribution is -0.0634. The van der Waals surface area contributed by atoms with Crippen molar-refractivity contribution >= 4 is 0 Å². The van der Waals surface area contributed by atoms with Crippen LogP contribution in [-0.4, -0.2) is 20.8 Å². The zero-order chi connectivity index (χ0) is 14.9. The van der Waals surface area contributed by atoms with E-state index in [1.807, 2.05) is 30.3 Å². The Morgan fingerprint density at radius 2 is 1.81 bits per heavy atom. The highest BCUT2D eigenvalue weighted by molar-refractivity contribution is 5.33. The van der Waals surface area contributed by atoms with Gasteiger partial charge in [-0.25, -0.2) is 13.5 Å². The molecule has 0 saturated heterocycles. The Kier molecular flexibility index (Phi) is 3.76. The Bertz CT molecular complexity index is 587. The van der Waals surface area contributed by atoms with Gasteiger partial charge in [0, 0.05) is 19.0 Å². The molecule has 1 aliphatic rings. The highest BCUT2D eigenvalue weighted by Gasteiger charge is 2.38. The lowest BCUT2D eigenvalue weighted by Gasteiger charge is -2.31. The van der Waals surface area contributed by atoms with Gasteiger partial charge < -0.3 is 5.11 Å². The lowest BCUT2D eigenvalue weighted by atomic mass is 9.82.